The van der Waals surface area contributed by atoms with Crippen molar-refractivity contribution < 1.29 is 9.32 Å². The van der Waals surface area contributed by atoms with E-state index < -0.39 is 0 Å². The van der Waals surface area contributed by atoms with Gasteiger partial charge in [-0.15, -0.1) is 0 Å². The summed E-state index contributed by atoms with van der Waals surface area (Å²) in [4.78, 5) is 16.5. The molecule has 0 aliphatic carbocycles. The van der Waals surface area contributed by atoms with Gasteiger partial charge in [0.2, 0.25) is 5.88 Å². The van der Waals surface area contributed by atoms with Gasteiger partial charge < -0.3 is 9.95 Å². The van der Waals surface area contributed by atoms with Crippen molar-refractivity contribution in [1.82, 2.24) is 10.1 Å². The summed E-state index contributed by atoms with van der Waals surface area (Å²) in [5.74, 6) is 5.99. The molecule has 0 saturated heterocycles. The monoisotopic (exact) mass is 275 g/mol. The molecule has 20 heavy (non-hydrogen) atoms. The Hall–Kier alpha value is -2.41. The van der Waals surface area contributed by atoms with E-state index in [4.69, 9.17) is 10.4 Å². The van der Waals surface area contributed by atoms with Crippen molar-refractivity contribution in [2.45, 2.75) is 26.7 Å². The van der Waals surface area contributed by atoms with Crippen molar-refractivity contribution >= 4 is 17.6 Å². The molecule has 7 nitrogen and oxygen atoms in total. The molecular formula is C13H17N5O2. The van der Waals surface area contributed by atoms with E-state index in [0.717, 1.165) is 5.69 Å². The first-order chi connectivity index (χ1) is 9.49. The summed E-state index contributed by atoms with van der Waals surface area (Å²) >= 11 is 0. The zero-order valence-corrected chi connectivity index (χ0v) is 11.6. The maximum absolute atomic E-state index is 12.2. The van der Waals surface area contributed by atoms with E-state index in [1.54, 1.807) is 25.1 Å². The summed E-state index contributed by atoms with van der Waals surface area (Å²) in [7, 11) is 0. The van der Waals surface area contributed by atoms with E-state index in [-0.39, 0.29) is 11.8 Å². The second-order valence-electron chi connectivity index (χ2n) is 4.75. The number of nitrogen functional groups attached to an aromatic ring is 1. The van der Waals surface area contributed by atoms with Crippen LogP contribution in [0.5, 0.6) is 0 Å². The third kappa shape index (κ3) is 3.12. The van der Waals surface area contributed by atoms with Crippen LogP contribution in [0.4, 0.5) is 11.7 Å². The zero-order chi connectivity index (χ0) is 14.7. The summed E-state index contributed by atoms with van der Waals surface area (Å²) in [6.07, 6.45) is 0. The lowest BCUT2D eigenvalue weighted by Gasteiger charge is -2.10. The number of carbonyl (C=O) groups is 1. The third-order valence-corrected chi connectivity index (χ3v) is 2.71. The van der Waals surface area contributed by atoms with E-state index in [2.05, 4.69) is 20.9 Å². The van der Waals surface area contributed by atoms with Crippen LogP contribution in [0.3, 0.4) is 0 Å². The maximum Gasteiger partial charge on any atom is 0.258 e. The van der Waals surface area contributed by atoms with Crippen molar-refractivity contribution in [3.05, 3.63) is 35.2 Å². The fraction of sp³-hybridized carbons (Fsp3) is 0.308. The largest absolute Gasteiger partial charge is 0.338 e. The number of anilines is 2. The Kier molecular flexibility index (Phi) is 3.99. The number of hydrazine groups is 1. The molecule has 2 aromatic heterocycles. The van der Waals surface area contributed by atoms with Gasteiger partial charge in [0, 0.05) is 17.3 Å². The smallest absolute Gasteiger partial charge is 0.258 e. The number of rotatable bonds is 4. The summed E-state index contributed by atoms with van der Waals surface area (Å²) in [6.45, 7) is 5.76. The molecule has 0 aliphatic rings. The van der Waals surface area contributed by atoms with E-state index >= 15 is 0 Å². The summed E-state index contributed by atoms with van der Waals surface area (Å²) in [5.41, 5.74) is 4.38. The van der Waals surface area contributed by atoms with Gasteiger partial charge in [-0.3, -0.25) is 10.1 Å². The lowest BCUT2D eigenvalue weighted by atomic mass is 10.1. The molecule has 0 unspecified atom stereocenters. The average molecular weight is 275 g/mol. The number of nitrogens with one attached hydrogen (secondary N) is 2. The van der Waals surface area contributed by atoms with Crippen molar-refractivity contribution in [3.8, 4) is 0 Å². The Morgan fingerprint density at radius 1 is 1.35 bits per heavy atom. The molecule has 2 heterocycles. The van der Waals surface area contributed by atoms with E-state index in [9.17, 15) is 4.79 Å². The molecule has 1 amide bonds. The number of aryl methyl sites for hydroxylation is 1. The average Bonchev–Trinajstić information content (AvgIpc) is 2.83. The summed E-state index contributed by atoms with van der Waals surface area (Å²) < 4.78 is 4.95. The standard InChI is InChI=1S/C13H17N5O2/c1-7(2)10-5-9(6-11(15-10)17-14)13(19)16-12-4-8(3)18-20-12/h4-7H,14H2,1-3H3,(H,15,17)(H,16,19). The topological polar surface area (TPSA) is 106 Å². The normalized spacial score (nSPS) is 10.7. The number of amides is 1. The third-order valence-electron chi connectivity index (χ3n) is 2.71. The van der Waals surface area contributed by atoms with Crippen LogP contribution in [-0.4, -0.2) is 16.0 Å². The zero-order valence-electron chi connectivity index (χ0n) is 11.6. The number of carbonyl (C=O) groups excluding carboxylic acids is 1. The van der Waals surface area contributed by atoms with E-state index in [1.807, 2.05) is 13.8 Å². The van der Waals surface area contributed by atoms with Crippen LogP contribution in [-0.2, 0) is 0 Å². The van der Waals surface area contributed by atoms with Gasteiger partial charge in [-0.2, -0.15) is 0 Å². The van der Waals surface area contributed by atoms with Crippen molar-refractivity contribution in [1.29, 1.82) is 0 Å². The van der Waals surface area contributed by atoms with E-state index in [1.165, 1.54) is 0 Å². The highest BCUT2D eigenvalue weighted by Gasteiger charge is 2.13. The molecule has 2 aromatic rings. The van der Waals surface area contributed by atoms with Gasteiger partial charge in [-0.1, -0.05) is 19.0 Å². The molecule has 0 fully saturated rings. The Labute approximate surface area is 116 Å². The van der Waals surface area contributed by atoms with E-state index in [0.29, 0.717) is 23.0 Å². The minimum absolute atomic E-state index is 0.183. The van der Waals surface area contributed by atoms with Crippen molar-refractivity contribution in [3.63, 3.8) is 0 Å². The van der Waals surface area contributed by atoms with Crippen LogP contribution in [0, 0.1) is 6.92 Å². The molecule has 0 atom stereocenters. The number of hydrogen-bond donors (Lipinski definition) is 3. The van der Waals surface area contributed by atoms with Crippen molar-refractivity contribution in [2.24, 2.45) is 5.84 Å². The molecular weight excluding hydrogens is 258 g/mol. The predicted octanol–water partition coefficient (Wildman–Crippen LogP) is 2.04. The van der Waals surface area contributed by atoms with Crippen LogP contribution >= 0.6 is 0 Å². The predicted molar refractivity (Wildman–Crippen MR) is 75.3 cm³/mol. The minimum atomic E-state index is -0.304. The molecule has 0 aromatic carbocycles. The molecule has 0 saturated carbocycles. The first kappa shape index (κ1) is 14.0. The highest BCUT2D eigenvalue weighted by Crippen LogP contribution is 2.18. The SMILES string of the molecule is Cc1cc(NC(=O)c2cc(NN)nc(C(C)C)c2)on1. The van der Waals surface area contributed by atoms with Crippen LogP contribution < -0.4 is 16.6 Å². The molecule has 4 N–H and O–H groups in total. The van der Waals surface area contributed by atoms with Gasteiger partial charge in [-0.25, -0.2) is 10.8 Å². The minimum Gasteiger partial charge on any atom is -0.338 e. The van der Waals surface area contributed by atoms with Gasteiger partial charge in [0.15, 0.2) is 0 Å². The van der Waals surface area contributed by atoms with Crippen LogP contribution in [0.1, 0.15) is 41.5 Å². The number of aromatic nitrogens is 2. The second kappa shape index (κ2) is 5.70. The van der Waals surface area contributed by atoms with Gasteiger partial charge in [0.25, 0.3) is 5.91 Å². The first-order valence-electron chi connectivity index (χ1n) is 6.23. The Morgan fingerprint density at radius 3 is 2.65 bits per heavy atom. The van der Waals surface area contributed by atoms with Crippen LogP contribution in [0.2, 0.25) is 0 Å². The molecule has 106 valence electrons. The second-order valence-corrected chi connectivity index (χ2v) is 4.75. The fourth-order valence-corrected chi connectivity index (χ4v) is 1.66. The Morgan fingerprint density at radius 2 is 2.10 bits per heavy atom. The molecule has 0 aliphatic heterocycles. The van der Waals surface area contributed by atoms with Crippen LogP contribution in [0.25, 0.3) is 0 Å². The highest BCUT2D eigenvalue weighted by atomic mass is 16.5. The highest BCUT2D eigenvalue weighted by molar-refractivity contribution is 6.04. The molecule has 0 radical (unpaired) electrons. The Bertz CT molecular complexity index is 621. The quantitative estimate of drug-likeness (QED) is 0.582. The number of nitrogens with zero attached hydrogens (tertiary/aromatic N) is 2. The number of pyridine rings is 1. The molecule has 7 heteroatoms. The summed E-state index contributed by atoms with van der Waals surface area (Å²) in [6, 6.07) is 4.94. The van der Waals surface area contributed by atoms with Gasteiger partial charge >= 0.3 is 0 Å². The van der Waals surface area contributed by atoms with Crippen LogP contribution in [0.15, 0.2) is 22.7 Å². The molecule has 0 spiro atoms. The summed E-state index contributed by atoms with van der Waals surface area (Å²) in [5, 5.41) is 6.34. The lowest BCUT2D eigenvalue weighted by Crippen LogP contribution is -2.15. The van der Waals surface area contributed by atoms with Gasteiger partial charge in [-0.05, 0) is 25.0 Å². The molecule has 0 bridgehead atoms. The number of hydrogen-bond acceptors (Lipinski definition) is 6. The molecule has 2 rings (SSSR count). The van der Waals surface area contributed by atoms with Gasteiger partial charge in [0.1, 0.15) is 5.82 Å². The number of nitrogens with two attached hydrogens (primary N) is 1. The fourth-order valence-electron chi connectivity index (χ4n) is 1.66. The Balaban J connectivity index is 2.26. The van der Waals surface area contributed by atoms with Crippen molar-refractivity contribution in [2.75, 3.05) is 10.7 Å². The maximum atomic E-state index is 12.2. The lowest BCUT2D eigenvalue weighted by molar-refractivity contribution is 0.102. The van der Waals surface area contributed by atoms with Gasteiger partial charge in [0.05, 0.1) is 5.69 Å². The first-order valence-corrected chi connectivity index (χ1v) is 6.23.